The zero-order chi connectivity index (χ0) is 20.6. The molecule has 0 amide bonds. The van der Waals surface area contributed by atoms with Crippen molar-refractivity contribution in [3.8, 4) is 0 Å². The zero-order valence-corrected chi connectivity index (χ0v) is 18.3. The third-order valence-corrected chi connectivity index (χ3v) is 6.85. The van der Waals surface area contributed by atoms with Crippen LogP contribution in [-0.2, 0) is 5.54 Å². The fourth-order valence-electron chi connectivity index (χ4n) is 3.83. The second-order valence-electron chi connectivity index (χ2n) is 8.31. The fourth-order valence-corrected chi connectivity index (χ4v) is 4.76. The molecular formula is C21H28N6OS. The van der Waals surface area contributed by atoms with E-state index in [1.54, 1.807) is 0 Å². The van der Waals surface area contributed by atoms with E-state index in [0.717, 1.165) is 47.7 Å². The molecule has 4 rings (SSSR count). The zero-order valence-electron chi connectivity index (χ0n) is 17.5. The lowest BCUT2D eigenvalue weighted by atomic mass is 9.99. The quantitative estimate of drug-likeness (QED) is 0.694. The summed E-state index contributed by atoms with van der Waals surface area (Å²) < 4.78 is 1.90. The lowest BCUT2D eigenvalue weighted by Gasteiger charge is -2.35. The molecule has 154 valence electrons. The molecule has 3 aromatic rings. The molecule has 1 atom stereocenters. The predicted molar refractivity (Wildman–Crippen MR) is 117 cm³/mol. The number of benzene rings is 1. The number of H-pyrrole nitrogens is 1. The summed E-state index contributed by atoms with van der Waals surface area (Å²) in [7, 11) is 0. The van der Waals surface area contributed by atoms with Gasteiger partial charge in [-0.05, 0) is 61.2 Å². The van der Waals surface area contributed by atoms with Crippen molar-refractivity contribution >= 4 is 22.7 Å². The van der Waals surface area contributed by atoms with E-state index in [9.17, 15) is 4.79 Å². The smallest absolute Gasteiger partial charge is 0.253 e. The molecule has 1 aromatic carbocycles. The number of tetrazole rings is 1. The minimum Gasteiger partial charge on any atom is -0.322 e. The first kappa shape index (κ1) is 20.1. The van der Waals surface area contributed by atoms with Gasteiger partial charge in [-0.2, -0.15) is 11.8 Å². The minimum absolute atomic E-state index is 0.0755. The van der Waals surface area contributed by atoms with Crippen LogP contribution in [0.3, 0.4) is 0 Å². The highest BCUT2D eigenvalue weighted by Gasteiger charge is 2.34. The molecular weight excluding hydrogens is 384 g/mol. The van der Waals surface area contributed by atoms with Crippen LogP contribution in [0.15, 0.2) is 29.1 Å². The van der Waals surface area contributed by atoms with Gasteiger partial charge in [-0.25, -0.2) is 4.68 Å². The topological polar surface area (TPSA) is 79.7 Å². The molecule has 1 fully saturated rings. The molecule has 1 aliphatic rings. The van der Waals surface area contributed by atoms with Crippen molar-refractivity contribution in [2.75, 3.05) is 24.6 Å². The van der Waals surface area contributed by atoms with E-state index in [2.05, 4.69) is 59.2 Å². The highest BCUT2D eigenvalue weighted by molar-refractivity contribution is 7.99. The van der Waals surface area contributed by atoms with Crippen LogP contribution in [0.1, 0.15) is 50.2 Å². The van der Waals surface area contributed by atoms with Gasteiger partial charge < -0.3 is 4.98 Å². The van der Waals surface area contributed by atoms with Gasteiger partial charge in [0.25, 0.3) is 5.56 Å². The average molecular weight is 413 g/mol. The Morgan fingerprint density at radius 1 is 1.24 bits per heavy atom. The van der Waals surface area contributed by atoms with Gasteiger partial charge in [-0.15, -0.1) is 5.10 Å². The van der Waals surface area contributed by atoms with E-state index in [1.807, 2.05) is 34.6 Å². The van der Waals surface area contributed by atoms with Crippen molar-refractivity contribution < 1.29 is 0 Å². The van der Waals surface area contributed by atoms with Crippen molar-refractivity contribution in [1.29, 1.82) is 0 Å². The summed E-state index contributed by atoms with van der Waals surface area (Å²) in [5.74, 6) is 2.82. The average Bonchev–Trinajstić information content (AvgIpc) is 3.20. The van der Waals surface area contributed by atoms with Crippen molar-refractivity contribution in [3.63, 3.8) is 0 Å². The summed E-state index contributed by atoms with van der Waals surface area (Å²) >= 11 is 1.95. The van der Waals surface area contributed by atoms with Crippen LogP contribution >= 0.6 is 11.8 Å². The van der Waals surface area contributed by atoms with Gasteiger partial charge in [0.05, 0.1) is 5.54 Å². The minimum atomic E-state index is -0.273. The number of aromatic nitrogens is 5. The first-order chi connectivity index (χ1) is 13.9. The van der Waals surface area contributed by atoms with Crippen molar-refractivity contribution in [1.82, 2.24) is 30.1 Å². The van der Waals surface area contributed by atoms with Gasteiger partial charge in [0.2, 0.25) is 0 Å². The predicted octanol–water partition coefficient (Wildman–Crippen LogP) is 3.11. The molecule has 7 nitrogen and oxygen atoms in total. The summed E-state index contributed by atoms with van der Waals surface area (Å²) in [5, 5.41) is 13.8. The van der Waals surface area contributed by atoms with Crippen LogP contribution in [0, 0.1) is 6.92 Å². The van der Waals surface area contributed by atoms with Crippen LogP contribution in [0.5, 0.6) is 0 Å². The standard InChI is InChI=1S/C21H28N6OS/c1-5-21(3,4)27-19(23-24-25-27)18(26-8-10-29-11-9-26)16-13-15-12-14(2)6-7-17(15)22-20(16)28/h6-7,12-13,18H,5,8-11H2,1-4H3,(H,22,28)/t18-/m0/s1. The molecule has 2 aromatic heterocycles. The molecule has 0 saturated carbocycles. The first-order valence-electron chi connectivity index (χ1n) is 10.1. The number of aromatic amines is 1. The Bertz CT molecular complexity index is 1070. The summed E-state index contributed by atoms with van der Waals surface area (Å²) in [6, 6.07) is 7.83. The summed E-state index contributed by atoms with van der Waals surface area (Å²) in [4.78, 5) is 18.6. The van der Waals surface area contributed by atoms with E-state index >= 15 is 0 Å². The first-order valence-corrected chi connectivity index (χ1v) is 11.3. The molecule has 0 aliphatic carbocycles. The number of thioether (sulfide) groups is 1. The molecule has 1 saturated heterocycles. The lowest BCUT2D eigenvalue weighted by Crippen LogP contribution is -2.42. The normalized spacial score (nSPS) is 17.0. The Labute approximate surface area is 174 Å². The van der Waals surface area contributed by atoms with Gasteiger partial charge in [-0.3, -0.25) is 9.69 Å². The van der Waals surface area contributed by atoms with Crippen LogP contribution in [0.4, 0.5) is 0 Å². The van der Waals surface area contributed by atoms with Crippen LogP contribution in [0.2, 0.25) is 0 Å². The Kier molecular flexibility index (Phi) is 5.48. The van der Waals surface area contributed by atoms with E-state index in [-0.39, 0.29) is 17.1 Å². The number of aryl methyl sites for hydroxylation is 1. The third-order valence-electron chi connectivity index (χ3n) is 5.91. The Hall–Kier alpha value is -2.19. The van der Waals surface area contributed by atoms with Crippen molar-refractivity contribution in [2.24, 2.45) is 0 Å². The maximum absolute atomic E-state index is 13.2. The fraction of sp³-hybridized carbons (Fsp3) is 0.524. The van der Waals surface area contributed by atoms with E-state index < -0.39 is 0 Å². The number of rotatable bonds is 5. The second kappa shape index (κ2) is 7.91. The van der Waals surface area contributed by atoms with Gasteiger partial charge in [0.15, 0.2) is 5.82 Å². The van der Waals surface area contributed by atoms with Gasteiger partial charge in [0.1, 0.15) is 6.04 Å². The third kappa shape index (κ3) is 3.83. The molecule has 0 radical (unpaired) electrons. The summed E-state index contributed by atoms with van der Waals surface area (Å²) in [6.45, 7) is 10.3. The van der Waals surface area contributed by atoms with Crippen LogP contribution in [0.25, 0.3) is 10.9 Å². The molecule has 29 heavy (non-hydrogen) atoms. The Morgan fingerprint density at radius 2 is 2.00 bits per heavy atom. The van der Waals surface area contributed by atoms with Gasteiger partial charge in [-0.1, -0.05) is 18.6 Å². The molecule has 0 spiro atoms. The SMILES string of the molecule is CCC(C)(C)n1nnnc1[C@H](c1cc2cc(C)ccc2[nH]c1=O)N1CCSCC1. The van der Waals surface area contributed by atoms with Crippen molar-refractivity contribution in [2.45, 2.75) is 45.7 Å². The molecule has 0 unspecified atom stereocenters. The molecule has 0 bridgehead atoms. The van der Waals surface area contributed by atoms with E-state index in [0.29, 0.717) is 5.56 Å². The van der Waals surface area contributed by atoms with E-state index in [1.165, 1.54) is 5.56 Å². The molecule has 3 heterocycles. The largest absolute Gasteiger partial charge is 0.322 e. The summed E-state index contributed by atoms with van der Waals surface area (Å²) in [5.41, 5.74) is 2.41. The second-order valence-corrected chi connectivity index (χ2v) is 9.54. The molecule has 1 aliphatic heterocycles. The Balaban J connectivity index is 1.91. The Morgan fingerprint density at radius 3 is 2.72 bits per heavy atom. The summed E-state index contributed by atoms with van der Waals surface area (Å²) in [6.07, 6.45) is 0.890. The van der Waals surface area contributed by atoms with Gasteiger partial charge >= 0.3 is 0 Å². The maximum atomic E-state index is 13.2. The van der Waals surface area contributed by atoms with Gasteiger partial charge in [0, 0.05) is 35.7 Å². The number of fused-ring (bicyclic) bond motifs is 1. The monoisotopic (exact) mass is 412 g/mol. The highest BCUT2D eigenvalue weighted by atomic mass is 32.2. The number of hydrogen-bond acceptors (Lipinski definition) is 6. The molecule has 1 N–H and O–H groups in total. The molecule has 8 heteroatoms. The lowest BCUT2D eigenvalue weighted by molar-refractivity contribution is 0.211. The van der Waals surface area contributed by atoms with E-state index in [4.69, 9.17) is 0 Å². The number of pyridine rings is 1. The van der Waals surface area contributed by atoms with Crippen LogP contribution < -0.4 is 5.56 Å². The van der Waals surface area contributed by atoms with Crippen molar-refractivity contribution in [3.05, 3.63) is 51.6 Å². The number of nitrogens with zero attached hydrogens (tertiary/aromatic N) is 5. The maximum Gasteiger partial charge on any atom is 0.253 e. The van der Waals surface area contributed by atoms with Crippen LogP contribution in [-0.4, -0.2) is 54.7 Å². The number of hydrogen-bond donors (Lipinski definition) is 1. The number of nitrogens with one attached hydrogen (secondary N) is 1. The highest BCUT2D eigenvalue weighted by Crippen LogP contribution is 2.32.